The van der Waals surface area contributed by atoms with Crippen LogP contribution in [0, 0.1) is 11.8 Å². The Morgan fingerprint density at radius 3 is 2.22 bits per heavy atom. The van der Waals surface area contributed by atoms with Crippen LogP contribution in [0.25, 0.3) is 0 Å². The molecule has 0 aromatic carbocycles. The summed E-state index contributed by atoms with van der Waals surface area (Å²) >= 11 is 0. The average molecular weight is 257 g/mol. The van der Waals surface area contributed by atoms with Gasteiger partial charge < -0.3 is 15.5 Å². The first-order chi connectivity index (χ1) is 8.50. The minimum Gasteiger partial charge on any atom is -0.481 e. The van der Waals surface area contributed by atoms with Gasteiger partial charge in [0.2, 0.25) is 0 Å². The Labute approximate surface area is 110 Å². The fourth-order valence-corrected chi connectivity index (χ4v) is 2.62. The number of nitrogens with one attached hydrogen (secondary N) is 1. The van der Waals surface area contributed by atoms with Gasteiger partial charge in [-0.3, -0.25) is 4.79 Å². The maximum absolute atomic E-state index is 10.8. The third kappa shape index (κ3) is 4.58. The van der Waals surface area contributed by atoms with Gasteiger partial charge in [0.15, 0.2) is 0 Å². The molecule has 1 saturated carbocycles. The van der Waals surface area contributed by atoms with E-state index in [0.717, 1.165) is 45.1 Å². The van der Waals surface area contributed by atoms with Gasteiger partial charge in [-0.2, -0.15) is 0 Å². The summed E-state index contributed by atoms with van der Waals surface area (Å²) in [6.07, 6.45) is 5.10. The van der Waals surface area contributed by atoms with Crippen LogP contribution >= 0.6 is 0 Å². The summed E-state index contributed by atoms with van der Waals surface area (Å²) in [5, 5.41) is 22.4. The highest BCUT2D eigenvalue weighted by Crippen LogP contribution is 2.28. The fraction of sp³-hybridized carbons (Fsp3) is 0.929. The zero-order valence-electron chi connectivity index (χ0n) is 11.6. The van der Waals surface area contributed by atoms with Gasteiger partial charge in [-0.25, -0.2) is 0 Å². The molecule has 1 aliphatic carbocycles. The van der Waals surface area contributed by atoms with E-state index in [0.29, 0.717) is 12.5 Å². The van der Waals surface area contributed by atoms with E-state index < -0.39 is 11.6 Å². The summed E-state index contributed by atoms with van der Waals surface area (Å²) in [6.45, 7) is 5.54. The molecule has 1 aliphatic rings. The number of rotatable bonds is 7. The van der Waals surface area contributed by atoms with E-state index >= 15 is 0 Å². The summed E-state index contributed by atoms with van der Waals surface area (Å²) in [6, 6.07) is 0. The first-order valence-corrected chi connectivity index (χ1v) is 7.16. The van der Waals surface area contributed by atoms with Gasteiger partial charge in [0.25, 0.3) is 0 Å². The molecule has 1 fully saturated rings. The minimum absolute atomic E-state index is 0.135. The maximum atomic E-state index is 10.8. The first kappa shape index (κ1) is 15.4. The van der Waals surface area contributed by atoms with Crippen LogP contribution in [-0.4, -0.2) is 34.9 Å². The second kappa shape index (κ2) is 7.10. The molecule has 0 unspecified atom stereocenters. The Hall–Kier alpha value is -0.610. The highest BCUT2D eigenvalue weighted by molar-refractivity contribution is 5.69. The maximum Gasteiger partial charge on any atom is 0.306 e. The molecular weight excluding hydrogens is 230 g/mol. The highest BCUT2D eigenvalue weighted by atomic mass is 16.4. The van der Waals surface area contributed by atoms with Gasteiger partial charge >= 0.3 is 5.97 Å². The predicted molar refractivity (Wildman–Crippen MR) is 71.5 cm³/mol. The Kier molecular flexibility index (Phi) is 6.09. The lowest BCUT2D eigenvalue weighted by Crippen LogP contribution is -2.41. The second-order valence-electron chi connectivity index (χ2n) is 5.62. The van der Waals surface area contributed by atoms with Crippen molar-refractivity contribution in [3.63, 3.8) is 0 Å². The van der Waals surface area contributed by atoms with Gasteiger partial charge in [0.1, 0.15) is 0 Å². The number of hydrogen-bond acceptors (Lipinski definition) is 3. The Morgan fingerprint density at radius 1 is 1.22 bits per heavy atom. The molecule has 0 amide bonds. The van der Waals surface area contributed by atoms with Gasteiger partial charge in [0, 0.05) is 6.54 Å². The molecular formula is C14H27NO3. The summed E-state index contributed by atoms with van der Waals surface area (Å²) < 4.78 is 0. The van der Waals surface area contributed by atoms with Crippen molar-refractivity contribution in [2.75, 3.05) is 13.1 Å². The molecule has 3 N–H and O–H groups in total. The molecule has 0 radical (unpaired) electrons. The monoisotopic (exact) mass is 257 g/mol. The molecule has 4 heteroatoms. The molecule has 106 valence electrons. The molecule has 0 aliphatic heterocycles. The number of carboxylic acid groups (broad SMARTS) is 1. The molecule has 0 aromatic rings. The topological polar surface area (TPSA) is 69.6 Å². The van der Waals surface area contributed by atoms with Crippen molar-refractivity contribution >= 4 is 5.97 Å². The van der Waals surface area contributed by atoms with Crippen LogP contribution < -0.4 is 5.32 Å². The number of hydrogen-bond donors (Lipinski definition) is 3. The lowest BCUT2D eigenvalue weighted by molar-refractivity contribution is -0.143. The van der Waals surface area contributed by atoms with Gasteiger partial charge in [-0.1, -0.05) is 13.8 Å². The van der Waals surface area contributed by atoms with Gasteiger partial charge in [-0.15, -0.1) is 0 Å². The van der Waals surface area contributed by atoms with Crippen molar-refractivity contribution in [2.45, 2.75) is 58.0 Å². The van der Waals surface area contributed by atoms with E-state index in [9.17, 15) is 9.90 Å². The smallest absolute Gasteiger partial charge is 0.306 e. The SMILES string of the molecule is CCC(O)(CC)CNCC1CCC(C(=O)O)CC1. The third-order valence-electron chi connectivity index (χ3n) is 4.40. The van der Waals surface area contributed by atoms with E-state index in [4.69, 9.17) is 5.11 Å². The van der Waals surface area contributed by atoms with Crippen molar-refractivity contribution < 1.29 is 15.0 Å². The van der Waals surface area contributed by atoms with Crippen molar-refractivity contribution in [3.8, 4) is 0 Å². The summed E-state index contributed by atoms with van der Waals surface area (Å²) in [5.41, 5.74) is -0.585. The summed E-state index contributed by atoms with van der Waals surface area (Å²) in [5.74, 6) is -0.212. The number of aliphatic hydroxyl groups is 1. The minimum atomic E-state index is -0.646. The molecule has 0 bridgehead atoms. The van der Waals surface area contributed by atoms with Crippen LogP contribution in [0.5, 0.6) is 0 Å². The molecule has 0 atom stereocenters. The van der Waals surface area contributed by atoms with Crippen molar-refractivity contribution in [1.82, 2.24) is 5.32 Å². The zero-order valence-corrected chi connectivity index (χ0v) is 11.6. The molecule has 0 saturated heterocycles. The zero-order chi connectivity index (χ0) is 13.6. The molecule has 18 heavy (non-hydrogen) atoms. The van der Waals surface area contributed by atoms with Gasteiger partial charge in [0.05, 0.1) is 11.5 Å². The number of aliphatic carboxylic acids is 1. The largest absolute Gasteiger partial charge is 0.481 e. The summed E-state index contributed by atoms with van der Waals surface area (Å²) in [7, 11) is 0. The van der Waals surface area contributed by atoms with E-state index in [1.54, 1.807) is 0 Å². The predicted octanol–water partition coefficient (Wildman–Crippen LogP) is 2.02. The van der Waals surface area contributed by atoms with Crippen LogP contribution in [-0.2, 0) is 4.79 Å². The Morgan fingerprint density at radius 2 is 1.78 bits per heavy atom. The molecule has 4 nitrogen and oxygen atoms in total. The normalized spacial score (nSPS) is 25.1. The van der Waals surface area contributed by atoms with Gasteiger partial charge in [-0.05, 0) is 51.0 Å². The van der Waals surface area contributed by atoms with Crippen LogP contribution in [0.3, 0.4) is 0 Å². The summed E-state index contributed by atoms with van der Waals surface area (Å²) in [4.78, 5) is 10.8. The lowest BCUT2D eigenvalue weighted by atomic mass is 9.82. The standard InChI is InChI=1S/C14H27NO3/c1-3-14(18,4-2)10-15-9-11-5-7-12(8-6-11)13(16)17/h11-12,15,18H,3-10H2,1-2H3,(H,16,17). The first-order valence-electron chi connectivity index (χ1n) is 7.16. The molecule has 0 heterocycles. The molecule has 1 rings (SSSR count). The van der Waals surface area contributed by atoms with Crippen molar-refractivity contribution in [1.29, 1.82) is 0 Å². The van der Waals surface area contributed by atoms with E-state index in [-0.39, 0.29) is 5.92 Å². The Balaban J connectivity index is 2.20. The van der Waals surface area contributed by atoms with E-state index in [1.807, 2.05) is 13.8 Å². The average Bonchev–Trinajstić information content (AvgIpc) is 2.39. The van der Waals surface area contributed by atoms with Crippen LogP contribution in [0.4, 0.5) is 0 Å². The molecule has 0 spiro atoms. The quantitative estimate of drug-likeness (QED) is 0.652. The van der Waals surface area contributed by atoms with Crippen molar-refractivity contribution in [3.05, 3.63) is 0 Å². The van der Waals surface area contributed by atoms with Crippen LogP contribution in [0.2, 0.25) is 0 Å². The highest BCUT2D eigenvalue weighted by Gasteiger charge is 2.26. The Bertz CT molecular complexity index is 256. The lowest BCUT2D eigenvalue weighted by Gasteiger charge is -2.29. The van der Waals surface area contributed by atoms with Crippen LogP contribution in [0.1, 0.15) is 52.4 Å². The van der Waals surface area contributed by atoms with E-state index in [2.05, 4.69) is 5.32 Å². The molecule has 0 aromatic heterocycles. The van der Waals surface area contributed by atoms with Crippen LogP contribution in [0.15, 0.2) is 0 Å². The third-order valence-corrected chi connectivity index (χ3v) is 4.40. The number of carbonyl (C=O) groups is 1. The van der Waals surface area contributed by atoms with Crippen molar-refractivity contribution in [2.24, 2.45) is 11.8 Å². The van der Waals surface area contributed by atoms with E-state index in [1.165, 1.54) is 0 Å². The number of carboxylic acids is 1. The fourth-order valence-electron chi connectivity index (χ4n) is 2.62. The second-order valence-corrected chi connectivity index (χ2v) is 5.62.